The number of nitrogens with zero attached hydrogens (tertiary/aromatic N) is 1. The fraction of sp³-hybridized carbons (Fsp3) is 0.500. The van der Waals surface area contributed by atoms with Gasteiger partial charge in [-0.15, -0.1) is 0 Å². The Kier molecular flexibility index (Phi) is 4.53. The van der Waals surface area contributed by atoms with Gasteiger partial charge in [-0.2, -0.15) is 0 Å². The zero-order valence-corrected chi connectivity index (χ0v) is 11.8. The van der Waals surface area contributed by atoms with Crippen LogP contribution in [-0.2, 0) is 4.65 Å². The lowest BCUT2D eigenvalue weighted by molar-refractivity contribution is -0.384. The molecule has 0 fully saturated rings. The number of hydrogen-bond donors (Lipinski definition) is 2. The second-order valence-corrected chi connectivity index (χ2v) is 5.50. The first-order chi connectivity index (χ1) is 8.95. The van der Waals surface area contributed by atoms with Crippen LogP contribution in [0.4, 0.5) is 10.1 Å². The molecule has 0 unspecified atom stereocenters. The average molecular weight is 285 g/mol. The van der Waals surface area contributed by atoms with E-state index in [1.165, 1.54) is 27.7 Å². The van der Waals surface area contributed by atoms with Crippen LogP contribution in [0, 0.1) is 15.9 Å². The van der Waals surface area contributed by atoms with Crippen molar-refractivity contribution >= 4 is 18.3 Å². The Labute approximate surface area is 116 Å². The fourth-order valence-electron chi connectivity index (χ4n) is 1.32. The van der Waals surface area contributed by atoms with Gasteiger partial charge in [0, 0.05) is 17.6 Å². The number of rotatable bonds is 5. The van der Waals surface area contributed by atoms with Crippen molar-refractivity contribution in [2.24, 2.45) is 0 Å². The minimum Gasteiger partial charge on any atom is -0.423 e. The van der Waals surface area contributed by atoms with Crippen LogP contribution in [0.3, 0.4) is 0 Å². The third-order valence-electron chi connectivity index (χ3n) is 3.34. The summed E-state index contributed by atoms with van der Waals surface area (Å²) in [5.74, 6) is -0.824. The average Bonchev–Trinajstić information content (AvgIpc) is 2.26. The zero-order valence-electron chi connectivity index (χ0n) is 11.8. The van der Waals surface area contributed by atoms with Crippen molar-refractivity contribution in [1.29, 1.82) is 0 Å². The molecule has 0 aliphatic rings. The van der Waals surface area contributed by atoms with Crippen molar-refractivity contribution in [2.45, 2.75) is 38.9 Å². The molecular formula is C12H17BFNO5. The van der Waals surface area contributed by atoms with Gasteiger partial charge in [-0.1, -0.05) is 0 Å². The van der Waals surface area contributed by atoms with Crippen molar-refractivity contribution in [3.05, 3.63) is 34.1 Å². The van der Waals surface area contributed by atoms with Crippen LogP contribution < -0.4 is 5.46 Å². The normalized spacial score (nSPS) is 12.3. The zero-order chi connectivity index (χ0) is 15.7. The highest BCUT2D eigenvalue weighted by molar-refractivity contribution is 6.60. The number of halogens is 1. The van der Waals surface area contributed by atoms with Crippen LogP contribution in [0.1, 0.15) is 27.7 Å². The molecule has 0 bridgehead atoms. The molecule has 0 saturated carbocycles. The summed E-state index contributed by atoms with van der Waals surface area (Å²) in [5.41, 5.74) is -3.20. The Morgan fingerprint density at radius 3 is 2.35 bits per heavy atom. The lowest BCUT2D eigenvalue weighted by atomic mass is 9.76. The first-order valence-electron chi connectivity index (χ1n) is 5.98. The van der Waals surface area contributed by atoms with E-state index in [0.717, 1.165) is 18.2 Å². The Bertz CT molecular complexity index is 515. The SMILES string of the molecule is CC(C)(O)C(C)(C)OB(O)c1cc([N+](=O)[O-])ccc1F. The Morgan fingerprint density at radius 1 is 1.35 bits per heavy atom. The molecule has 0 spiro atoms. The van der Waals surface area contributed by atoms with Crippen molar-refractivity contribution in [3.63, 3.8) is 0 Å². The minimum absolute atomic E-state index is 0.350. The molecule has 2 N–H and O–H groups in total. The van der Waals surface area contributed by atoms with Gasteiger partial charge in [0.15, 0.2) is 0 Å². The monoisotopic (exact) mass is 285 g/mol. The second kappa shape index (κ2) is 5.47. The number of non-ortho nitro benzene ring substituents is 1. The van der Waals surface area contributed by atoms with Gasteiger partial charge in [-0.25, -0.2) is 4.39 Å². The summed E-state index contributed by atoms with van der Waals surface area (Å²) in [5, 5.41) is 30.5. The van der Waals surface area contributed by atoms with Gasteiger partial charge in [0.1, 0.15) is 5.82 Å². The molecule has 0 aromatic heterocycles. The van der Waals surface area contributed by atoms with E-state index in [9.17, 15) is 24.6 Å². The Hall–Kier alpha value is -1.51. The van der Waals surface area contributed by atoms with E-state index in [4.69, 9.17) is 4.65 Å². The molecule has 110 valence electrons. The number of hydrogen-bond acceptors (Lipinski definition) is 5. The van der Waals surface area contributed by atoms with Gasteiger partial charge in [0.25, 0.3) is 5.69 Å². The number of nitro benzene ring substituents is 1. The number of aliphatic hydroxyl groups is 1. The highest BCUT2D eigenvalue weighted by Crippen LogP contribution is 2.25. The molecule has 1 rings (SSSR count). The van der Waals surface area contributed by atoms with Crippen LogP contribution in [0.2, 0.25) is 0 Å². The van der Waals surface area contributed by atoms with Crippen molar-refractivity contribution in [3.8, 4) is 0 Å². The molecule has 0 atom stereocenters. The van der Waals surface area contributed by atoms with Crippen molar-refractivity contribution in [1.82, 2.24) is 0 Å². The number of nitro groups is 1. The van der Waals surface area contributed by atoms with Crippen molar-refractivity contribution in [2.75, 3.05) is 0 Å². The summed E-state index contributed by atoms with van der Waals surface area (Å²) in [6, 6.07) is 2.78. The highest BCUT2D eigenvalue weighted by atomic mass is 19.1. The quantitative estimate of drug-likeness (QED) is 0.478. The van der Waals surface area contributed by atoms with E-state index in [2.05, 4.69) is 0 Å². The summed E-state index contributed by atoms with van der Waals surface area (Å²) < 4.78 is 18.9. The van der Waals surface area contributed by atoms with E-state index in [-0.39, 0.29) is 11.2 Å². The van der Waals surface area contributed by atoms with Gasteiger partial charge in [-0.3, -0.25) is 10.1 Å². The molecule has 8 heteroatoms. The first kappa shape index (κ1) is 16.5. The summed E-state index contributed by atoms with van der Waals surface area (Å²) in [6.07, 6.45) is 0. The minimum atomic E-state index is -1.73. The predicted molar refractivity (Wildman–Crippen MR) is 72.1 cm³/mol. The summed E-state index contributed by atoms with van der Waals surface area (Å²) >= 11 is 0. The third-order valence-corrected chi connectivity index (χ3v) is 3.34. The summed E-state index contributed by atoms with van der Waals surface area (Å²) in [6.45, 7) is 5.99. The maximum atomic E-state index is 13.6. The van der Waals surface area contributed by atoms with Gasteiger partial charge >= 0.3 is 7.12 Å². The van der Waals surface area contributed by atoms with Gasteiger partial charge in [0.05, 0.1) is 16.1 Å². The maximum absolute atomic E-state index is 13.6. The molecule has 0 aliphatic carbocycles. The van der Waals surface area contributed by atoms with Crippen LogP contribution in [-0.4, -0.2) is 33.4 Å². The van der Waals surface area contributed by atoms with Crippen LogP contribution >= 0.6 is 0 Å². The predicted octanol–water partition coefficient (Wildman–Crippen LogP) is 0.988. The molecular weight excluding hydrogens is 268 g/mol. The number of benzene rings is 1. The smallest absolute Gasteiger partial charge is 0.423 e. The Morgan fingerprint density at radius 2 is 1.90 bits per heavy atom. The molecule has 0 radical (unpaired) electrons. The molecule has 0 heterocycles. The van der Waals surface area contributed by atoms with E-state index < -0.39 is 29.1 Å². The maximum Gasteiger partial charge on any atom is 0.494 e. The van der Waals surface area contributed by atoms with Crippen LogP contribution in [0.15, 0.2) is 18.2 Å². The second-order valence-electron chi connectivity index (χ2n) is 5.50. The fourth-order valence-corrected chi connectivity index (χ4v) is 1.32. The standard InChI is InChI=1S/C12H17BFNO5/c1-11(2,16)12(3,4)20-13(17)9-7-8(15(18)19)5-6-10(9)14/h5-7,16-17H,1-4H3. The first-order valence-corrected chi connectivity index (χ1v) is 5.98. The van der Waals surface area contributed by atoms with Crippen LogP contribution in [0.5, 0.6) is 0 Å². The molecule has 0 saturated heterocycles. The van der Waals surface area contributed by atoms with E-state index in [0.29, 0.717) is 0 Å². The molecule has 0 amide bonds. The third kappa shape index (κ3) is 3.53. The van der Waals surface area contributed by atoms with E-state index in [1.54, 1.807) is 0 Å². The molecule has 1 aromatic carbocycles. The molecule has 6 nitrogen and oxygen atoms in total. The lowest BCUT2D eigenvalue weighted by Gasteiger charge is -2.38. The summed E-state index contributed by atoms with van der Waals surface area (Å²) in [7, 11) is -1.73. The highest BCUT2D eigenvalue weighted by Gasteiger charge is 2.40. The molecule has 1 aromatic rings. The lowest BCUT2D eigenvalue weighted by Crippen LogP contribution is -2.53. The summed E-state index contributed by atoms with van der Waals surface area (Å²) in [4.78, 5) is 9.95. The van der Waals surface area contributed by atoms with Crippen LogP contribution in [0.25, 0.3) is 0 Å². The topological polar surface area (TPSA) is 92.8 Å². The van der Waals surface area contributed by atoms with Gasteiger partial charge < -0.3 is 14.8 Å². The van der Waals surface area contributed by atoms with Gasteiger partial charge in [-0.05, 0) is 33.8 Å². The van der Waals surface area contributed by atoms with E-state index in [1.807, 2.05) is 0 Å². The Balaban J connectivity index is 3.07. The van der Waals surface area contributed by atoms with Crippen molar-refractivity contribution < 1.29 is 24.1 Å². The largest absolute Gasteiger partial charge is 0.494 e. The van der Waals surface area contributed by atoms with Gasteiger partial charge in [0.2, 0.25) is 0 Å². The molecule has 20 heavy (non-hydrogen) atoms. The van der Waals surface area contributed by atoms with E-state index >= 15 is 0 Å². The molecule has 0 aliphatic heterocycles.